The van der Waals surface area contributed by atoms with E-state index >= 15 is 0 Å². The minimum absolute atomic E-state index is 0.0569. The van der Waals surface area contributed by atoms with Crippen molar-refractivity contribution in [3.63, 3.8) is 0 Å². The number of carbonyl (C=O) groups is 2. The van der Waals surface area contributed by atoms with Gasteiger partial charge in [-0.25, -0.2) is 9.59 Å². The number of anilines is 1. The number of nitrogens with one attached hydrogen (secondary N) is 2. The Hall–Kier alpha value is -2.12. The number of aryl methyl sites for hydroxylation is 1. The Balaban J connectivity index is 2.46. The minimum Gasteiger partial charge on any atom is -0.478 e. The topological polar surface area (TPSA) is 96.9 Å². The van der Waals surface area contributed by atoms with Gasteiger partial charge in [-0.3, -0.25) is 0 Å². The summed E-state index contributed by atoms with van der Waals surface area (Å²) in [6.45, 7) is 3.37. The summed E-state index contributed by atoms with van der Waals surface area (Å²) in [5, 5.41) is 14.2. The molecule has 0 atom stereocenters. The number of amides is 2. The Labute approximate surface area is 123 Å². The molecule has 1 aromatic carbocycles. The zero-order chi connectivity index (χ0) is 15.7. The smallest absolute Gasteiger partial charge is 0.337 e. The van der Waals surface area contributed by atoms with Gasteiger partial charge in [0, 0.05) is 13.7 Å². The molecule has 1 rings (SSSR count). The molecule has 0 unspecified atom stereocenters. The zero-order valence-electron chi connectivity index (χ0n) is 12.1. The molecule has 0 bridgehead atoms. The number of methoxy groups -OCH3 is 1. The molecule has 116 valence electrons. The van der Waals surface area contributed by atoms with Crippen molar-refractivity contribution in [2.45, 2.75) is 6.92 Å². The lowest BCUT2D eigenvalue weighted by Crippen LogP contribution is -2.32. The number of hydrogen-bond acceptors (Lipinski definition) is 4. The first-order valence-electron chi connectivity index (χ1n) is 6.50. The summed E-state index contributed by atoms with van der Waals surface area (Å²) in [4.78, 5) is 22.8. The average Bonchev–Trinajstić information content (AvgIpc) is 2.44. The third-order valence-corrected chi connectivity index (χ3v) is 2.71. The van der Waals surface area contributed by atoms with Crippen LogP contribution in [0, 0.1) is 6.92 Å². The maximum atomic E-state index is 11.7. The molecule has 0 aromatic heterocycles. The Morgan fingerprint density at radius 2 is 2.00 bits per heavy atom. The maximum absolute atomic E-state index is 11.7. The van der Waals surface area contributed by atoms with E-state index in [2.05, 4.69) is 10.6 Å². The standard InChI is InChI=1S/C14H20N2O5/c1-10-4-3-5-11(13(17)18)12(10)16-14(19)15-6-7-21-9-8-20-2/h3-5H,6-9H2,1-2H3,(H,17,18)(H2,15,16,19). The minimum atomic E-state index is -1.09. The highest BCUT2D eigenvalue weighted by molar-refractivity contribution is 6.00. The summed E-state index contributed by atoms with van der Waals surface area (Å²) in [7, 11) is 1.58. The summed E-state index contributed by atoms with van der Waals surface area (Å²) >= 11 is 0. The normalized spacial score (nSPS) is 10.2. The number of rotatable bonds is 8. The van der Waals surface area contributed by atoms with Crippen molar-refractivity contribution in [2.24, 2.45) is 0 Å². The van der Waals surface area contributed by atoms with Gasteiger partial charge in [-0.05, 0) is 18.6 Å². The third-order valence-electron chi connectivity index (χ3n) is 2.71. The second kappa shape index (κ2) is 8.93. The van der Waals surface area contributed by atoms with Gasteiger partial charge in [-0.15, -0.1) is 0 Å². The van der Waals surface area contributed by atoms with Crippen LogP contribution in [0.5, 0.6) is 0 Å². The molecular formula is C14H20N2O5. The zero-order valence-corrected chi connectivity index (χ0v) is 12.1. The van der Waals surface area contributed by atoms with E-state index in [1.807, 2.05) is 0 Å². The summed E-state index contributed by atoms with van der Waals surface area (Å²) < 4.78 is 10.0. The predicted molar refractivity (Wildman–Crippen MR) is 77.9 cm³/mol. The van der Waals surface area contributed by atoms with E-state index < -0.39 is 12.0 Å². The molecule has 0 spiro atoms. The fourth-order valence-corrected chi connectivity index (χ4v) is 1.65. The van der Waals surface area contributed by atoms with E-state index in [4.69, 9.17) is 14.6 Å². The molecule has 1 aromatic rings. The lowest BCUT2D eigenvalue weighted by Gasteiger charge is -2.12. The molecule has 3 N–H and O–H groups in total. The molecule has 0 aliphatic heterocycles. The van der Waals surface area contributed by atoms with Gasteiger partial charge in [0.1, 0.15) is 0 Å². The quantitative estimate of drug-likeness (QED) is 0.631. The van der Waals surface area contributed by atoms with Gasteiger partial charge in [0.15, 0.2) is 0 Å². The second-order valence-electron chi connectivity index (χ2n) is 4.29. The number of carboxylic acids is 1. The first-order chi connectivity index (χ1) is 10.1. The maximum Gasteiger partial charge on any atom is 0.337 e. The van der Waals surface area contributed by atoms with Crippen LogP contribution in [0.15, 0.2) is 18.2 Å². The summed E-state index contributed by atoms with van der Waals surface area (Å²) in [6.07, 6.45) is 0. The first-order valence-corrected chi connectivity index (χ1v) is 6.50. The van der Waals surface area contributed by atoms with Crippen molar-refractivity contribution in [3.05, 3.63) is 29.3 Å². The van der Waals surface area contributed by atoms with E-state index in [-0.39, 0.29) is 5.56 Å². The van der Waals surface area contributed by atoms with Crippen LogP contribution in [-0.2, 0) is 9.47 Å². The number of aromatic carboxylic acids is 1. The SMILES string of the molecule is COCCOCCNC(=O)Nc1c(C)cccc1C(=O)O. The van der Waals surface area contributed by atoms with Crippen molar-refractivity contribution < 1.29 is 24.2 Å². The Morgan fingerprint density at radius 1 is 1.24 bits per heavy atom. The lowest BCUT2D eigenvalue weighted by atomic mass is 10.1. The molecule has 2 amide bonds. The third kappa shape index (κ3) is 5.80. The van der Waals surface area contributed by atoms with Gasteiger partial charge in [-0.1, -0.05) is 12.1 Å². The number of hydrogen-bond donors (Lipinski definition) is 3. The lowest BCUT2D eigenvalue weighted by molar-refractivity contribution is 0.0698. The molecule has 0 aliphatic carbocycles. The molecule has 0 fully saturated rings. The predicted octanol–water partition coefficient (Wildman–Crippen LogP) is 1.48. The molecule has 0 heterocycles. The first kappa shape index (κ1) is 16.9. The average molecular weight is 296 g/mol. The number of ether oxygens (including phenoxy) is 2. The molecule has 21 heavy (non-hydrogen) atoms. The number of urea groups is 1. The van der Waals surface area contributed by atoms with Crippen LogP contribution in [0.2, 0.25) is 0 Å². The van der Waals surface area contributed by atoms with Gasteiger partial charge in [0.25, 0.3) is 0 Å². The largest absolute Gasteiger partial charge is 0.478 e. The van der Waals surface area contributed by atoms with E-state index in [9.17, 15) is 9.59 Å². The monoisotopic (exact) mass is 296 g/mol. The van der Waals surface area contributed by atoms with E-state index in [1.165, 1.54) is 6.07 Å². The van der Waals surface area contributed by atoms with E-state index in [1.54, 1.807) is 26.2 Å². The second-order valence-corrected chi connectivity index (χ2v) is 4.29. The van der Waals surface area contributed by atoms with Crippen molar-refractivity contribution >= 4 is 17.7 Å². The summed E-state index contributed by atoms with van der Waals surface area (Å²) in [6, 6.07) is 4.34. The Morgan fingerprint density at radius 3 is 2.67 bits per heavy atom. The van der Waals surface area contributed by atoms with Gasteiger partial charge in [0.2, 0.25) is 0 Å². The fraction of sp³-hybridized carbons (Fsp3) is 0.429. The molecule has 7 nitrogen and oxygen atoms in total. The van der Waals surface area contributed by atoms with Crippen LogP contribution in [0.25, 0.3) is 0 Å². The Kier molecular flexibility index (Phi) is 7.20. The van der Waals surface area contributed by atoms with Crippen LogP contribution < -0.4 is 10.6 Å². The van der Waals surface area contributed by atoms with Crippen LogP contribution in [0.4, 0.5) is 10.5 Å². The number of para-hydroxylation sites is 1. The number of benzene rings is 1. The van der Waals surface area contributed by atoms with Crippen molar-refractivity contribution in [2.75, 3.05) is 38.8 Å². The molecular weight excluding hydrogens is 276 g/mol. The van der Waals surface area contributed by atoms with E-state index in [0.717, 1.165) is 0 Å². The van der Waals surface area contributed by atoms with Crippen molar-refractivity contribution in [1.29, 1.82) is 0 Å². The molecule has 0 radical (unpaired) electrons. The van der Waals surface area contributed by atoms with E-state index in [0.29, 0.717) is 37.6 Å². The molecule has 0 saturated carbocycles. The fourth-order valence-electron chi connectivity index (χ4n) is 1.65. The summed E-state index contributed by atoms with van der Waals surface area (Å²) in [5.41, 5.74) is 1.03. The number of carbonyl (C=O) groups excluding carboxylic acids is 1. The molecule has 7 heteroatoms. The molecule has 0 aliphatic rings. The van der Waals surface area contributed by atoms with Crippen LogP contribution >= 0.6 is 0 Å². The van der Waals surface area contributed by atoms with Crippen LogP contribution in [-0.4, -0.2) is 50.6 Å². The van der Waals surface area contributed by atoms with Crippen molar-refractivity contribution in [1.82, 2.24) is 5.32 Å². The highest BCUT2D eigenvalue weighted by Crippen LogP contribution is 2.20. The van der Waals surface area contributed by atoms with Gasteiger partial charge >= 0.3 is 12.0 Å². The Bertz CT molecular complexity index is 490. The van der Waals surface area contributed by atoms with Gasteiger partial charge in [-0.2, -0.15) is 0 Å². The summed E-state index contributed by atoms with van der Waals surface area (Å²) in [5.74, 6) is -1.09. The van der Waals surface area contributed by atoms with Gasteiger partial charge < -0.3 is 25.2 Å². The van der Waals surface area contributed by atoms with Crippen molar-refractivity contribution in [3.8, 4) is 0 Å². The van der Waals surface area contributed by atoms with Crippen LogP contribution in [0.3, 0.4) is 0 Å². The highest BCUT2D eigenvalue weighted by atomic mass is 16.5. The highest BCUT2D eigenvalue weighted by Gasteiger charge is 2.13. The molecule has 0 saturated heterocycles. The number of carboxylic acid groups (broad SMARTS) is 1. The van der Waals surface area contributed by atoms with Crippen LogP contribution in [0.1, 0.15) is 15.9 Å². The van der Waals surface area contributed by atoms with Gasteiger partial charge in [0.05, 0.1) is 31.1 Å².